The lowest BCUT2D eigenvalue weighted by atomic mass is 10.3. The third-order valence-corrected chi connectivity index (χ3v) is 3.75. The molecule has 1 N–H and O–H groups in total. The average Bonchev–Trinajstić information content (AvgIpc) is 2.38. The molecule has 0 atom stereocenters. The summed E-state index contributed by atoms with van der Waals surface area (Å²) in [5.41, 5.74) is 0. The highest BCUT2D eigenvalue weighted by molar-refractivity contribution is 7.89. The predicted octanol–water partition coefficient (Wildman–Crippen LogP) is 0.929. The quantitative estimate of drug-likeness (QED) is 0.793. The number of sulfonamides is 1. The van der Waals surface area contributed by atoms with Crippen molar-refractivity contribution < 1.29 is 13.2 Å². The van der Waals surface area contributed by atoms with Gasteiger partial charge in [-0.2, -0.15) is 4.72 Å². The Bertz CT molecular complexity index is 586. The minimum Gasteiger partial charge on any atom is -0.492 e. The molecule has 0 bridgehead atoms. The molecule has 0 saturated carbocycles. The summed E-state index contributed by atoms with van der Waals surface area (Å²) in [5, 5.41) is 0. The van der Waals surface area contributed by atoms with E-state index in [-0.39, 0.29) is 11.4 Å². The van der Waals surface area contributed by atoms with Crippen molar-refractivity contribution in [3.8, 4) is 17.6 Å². The zero-order chi connectivity index (χ0) is 15.0. The maximum absolute atomic E-state index is 12.2. The summed E-state index contributed by atoms with van der Waals surface area (Å²) in [5.74, 6) is 5.99. The van der Waals surface area contributed by atoms with Crippen LogP contribution in [0.2, 0.25) is 0 Å². The monoisotopic (exact) mass is 296 g/mol. The highest BCUT2D eigenvalue weighted by atomic mass is 32.2. The van der Waals surface area contributed by atoms with Crippen LogP contribution in [0, 0.1) is 11.8 Å². The first-order valence-electron chi connectivity index (χ1n) is 6.29. The number of nitrogens with one attached hydrogen (secondary N) is 1. The Hall–Kier alpha value is -1.55. The molecule has 1 aromatic rings. The lowest BCUT2D eigenvalue weighted by molar-refractivity contribution is 0.331. The lowest BCUT2D eigenvalue weighted by Gasteiger charge is -2.10. The van der Waals surface area contributed by atoms with Gasteiger partial charge in [-0.3, -0.25) is 4.90 Å². The van der Waals surface area contributed by atoms with Crippen molar-refractivity contribution in [2.45, 2.75) is 11.8 Å². The maximum atomic E-state index is 12.2. The van der Waals surface area contributed by atoms with Crippen LogP contribution < -0.4 is 9.46 Å². The zero-order valence-electron chi connectivity index (χ0n) is 12.0. The molecule has 0 fully saturated rings. The lowest BCUT2D eigenvalue weighted by Crippen LogP contribution is -2.24. The van der Waals surface area contributed by atoms with Crippen LogP contribution in [0.25, 0.3) is 0 Å². The van der Waals surface area contributed by atoms with Crippen LogP contribution in [0.15, 0.2) is 29.2 Å². The van der Waals surface area contributed by atoms with Gasteiger partial charge in [0.05, 0.1) is 19.7 Å². The SMILES string of the molecule is CCOc1ccccc1S(=O)(=O)NCC#CCN(C)C. The van der Waals surface area contributed by atoms with E-state index in [2.05, 4.69) is 16.6 Å². The first-order valence-corrected chi connectivity index (χ1v) is 7.77. The Morgan fingerprint density at radius 3 is 2.60 bits per heavy atom. The second-order valence-electron chi connectivity index (χ2n) is 4.30. The first kappa shape index (κ1) is 16.5. The summed E-state index contributed by atoms with van der Waals surface area (Å²) < 4.78 is 32.1. The number of para-hydroxylation sites is 1. The van der Waals surface area contributed by atoms with Gasteiger partial charge >= 0.3 is 0 Å². The first-order chi connectivity index (χ1) is 9.47. The Balaban J connectivity index is 2.76. The number of hydrogen-bond donors (Lipinski definition) is 1. The smallest absolute Gasteiger partial charge is 0.245 e. The minimum absolute atomic E-state index is 0.0800. The fourth-order valence-corrected chi connectivity index (χ4v) is 2.50. The fourth-order valence-electron chi connectivity index (χ4n) is 1.43. The van der Waals surface area contributed by atoms with E-state index >= 15 is 0 Å². The molecule has 20 heavy (non-hydrogen) atoms. The average molecular weight is 296 g/mol. The van der Waals surface area contributed by atoms with Crippen LogP contribution in [-0.4, -0.2) is 47.1 Å². The number of rotatable bonds is 6. The molecule has 6 heteroatoms. The van der Waals surface area contributed by atoms with Gasteiger partial charge in [0.1, 0.15) is 10.6 Å². The summed E-state index contributed by atoms with van der Waals surface area (Å²) in [6.45, 7) is 2.90. The molecular formula is C14H20N2O3S. The van der Waals surface area contributed by atoms with Crippen molar-refractivity contribution in [3.63, 3.8) is 0 Å². The van der Waals surface area contributed by atoms with E-state index in [4.69, 9.17) is 4.74 Å². The fraction of sp³-hybridized carbons (Fsp3) is 0.429. The van der Waals surface area contributed by atoms with E-state index < -0.39 is 10.0 Å². The molecule has 0 aliphatic carbocycles. The Kier molecular flexibility index (Phi) is 6.52. The van der Waals surface area contributed by atoms with E-state index in [1.165, 1.54) is 6.07 Å². The van der Waals surface area contributed by atoms with Gasteiger partial charge in [-0.15, -0.1) is 0 Å². The van der Waals surface area contributed by atoms with Gasteiger partial charge in [-0.05, 0) is 33.2 Å². The highest BCUT2D eigenvalue weighted by Crippen LogP contribution is 2.22. The molecule has 0 aliphatic rings. The Labute approximate surface area is 121 Å². The zero-order valence-corrected chi connectivity index (χ0v) is 12.8. The molecule has 0 unspecified atom stereocenters. The standard InChI is InChI=1S/C14H20N2O3S/c1-4-19-13-9-5-6-10-14(13)20(17,18)15-11-7-8-12-16(2)3/h5-6,9-10,15H,4,11-12H2,1-3H3. The summed E-state index contributed by atoms with van der Waals surface area (Å²) in [6, 6.07) is 6.55. The molecular weight excluding hydrogens is 276 g/mol. The van der Waals surface area contributed by atoms with Gasteiger partial charge < -0.3 is 4.74 Å². The molecule has 110 valence electrons. The van der Waals surface area contributed by atoms with Gasteiger partial charge in [0.15, 0.2) is 0 Å². The van der Waals surface area contributed by atoms with Gasteiger partial charge in [0, 0.05) is 0 Å². The minimum atomic E-state index is -3.60. The van der Waals surface area contributed by atoms with Crippen LogP contribution in [-0.2, 0) is 10.0 Å². The van der Waals surface area contributed by atoms with Crippen LogP contribution in [0.5, 0.6) is 5.75 Å². The molecule has 0 radical (unpaired) electrons. The summed E-state index contributed by atoms with van der Waals surface area (Å²) in [4.78, 5) is 2.04. The van der Waals surface area contributed by atoms with Crippen LogP contribution in [0.1, 0.15) is 6.92 Å². The van der Waals surface area contributed by atoms with Crippen molar-refractivity contribution in [2.75, 3.05) is 33.8 Å². The van der Waals surface area contributed by atoms with Gasteiger partial charge in [0.2, 0.25) is 10.0 Å². The number of ether oxygens (including phenoxy) is 1. The van der Waals surface area contributed by atoms with Crippen LogP contribution in [0.4, 0.5) is 0 Å². The van der Waals surface area contributed by atoms with Crippen molar-refractivity contribution in [3.05, 3.63) is 24.3 Å². The number of nitrogens with zero attached hydrogens (tertiary/aromatic N) is 1. The third kappa shape index (κ3) is 5.21. The molecule has 0 heterocycles. The van der Waals surface area contributed by atoms with Gasteiger partial charge in [0.25, 0.3) is 0 Å². The summed E-state index contributed by atoms with van der Waals surface area (Å²) >= 11 is 0. The molecule has 0 saturated heterocycles. The van der Waals surface area contributed by atoms with E-state index in [0.717, 1.165) is 0 Å². The van der Waals surface area contributed by atoms with E-state index in [0.29, 0.717) is 18.9 Å². The van der Waals surface area contributed by atoms with Crippen molar-refractivity contribution in [1.29, 1.82) is 0 Å². The molecule has 1 aromatic carbocycles. The molecule has 5 nitrogen and oxygen atoms in total. The normalized spacial score (nSPS) is 11.0. The summed E-state index contributed by atoms with van der Waals surface area (Å²) in [7, 11) is 0.195. The van der Waals surface area contributed by atoms with E-state index in [1.807, 2.05) is 25.9 Å². The topological polar surface area (TPSA) is 58.6 Å². The largest absolute Gasteiger partial charge is 0.492 e. The number of hydrogen-bond acceptors (Lipinski definition) is 4. The Morgan fingerprint density at radius 1 is 1.25 bits per heavy atom. The maximum Gasteiger partial charge on any atom is 0.245 e. The van der Waals surface area contributed by atoms with Gasteiger partial charge in [-0.25, -0.2) is 8.42 Å². The third-order valence-electron chi connectivity index (χ3n) is 2.31. The molecule has 0 aromatic heterocycles. The molecule has 0 spiro atoms. The molecule has 1 rings (SSSR count). The second-order valence-corrected chi connectivity index (χ2v) is 6.03. The van der Waals surface area contributed by atoms with Gasteiger partial charge in [-0.1, -0.05) is 24.0 Å². The molecule has 0 aliphatic heterocycles. The van der Waals surface area contributed by atoms with Crippen LogP contribution >= 0.6 is 0 Å². The van der Waals surface area contributed by atoms with Crippen molar-refractivity contribution in [2.24, 2.45) is 0 Å². The van der Waals surface area contributed by atoms with Crippen molar-refractivity contribution >= 4 is 10.0 Å². The Morgan fingerprint density at radius 2 is 1.95 bits per heavy atom. The number of benzene rings is 1. The molecule has 0 amide bonds. The highest BCUT2D eigenvalue weighted by Gasteiger charge is 2.17. The second kappa shape index (κ2) is 7.90. The predicted molar refractivity (Wildman–Crippen MR) is 79.1 cm³/mol. The van der Waals surface area contributed by atoms with E-state index in [1.54, 1.807) is 18.2 Å². The summed E-state index contributed by atoms with van der Waals surface area (Å²) in [6.07, 6.45) is 0. The van der Waals surface area contributed by atoms with E-state index in [9.17, 15) is 8.42 Å². The van der Waals surface area contributed by atoms with Crippen molar-refractivity contribution in [1.82, 2.24) is 9.62 Å². The van der Waals surface area contributed by atoms with Crippen LogP contribution in [0.3, 0.4) is 0 Å².